The Morgan fingerprint density at radius 2 is 1.83 bits per heavy atom. The van der Waals surface area contributed by atoms with Crippen LogP contribution in [0.2, 0.25) is 0 Å². The van der Waals surface area contributed by atoms with Crippen LogP contribution >= 0.6 is 0 Å². The standard InChI is InChI=1S/C30H31N3O2/c1-23(34)35-29-12-6-11-28(29)30(22-31,25-9-4-3-5-10-25)26-17-20-33(21-18-26)19-7-8-24-13-15-27(32-2)16-14-24/h3-5,9-10,13-16,26,28-29H,6,11-12,17-21H2,1H3/t28-,29-,30?/m0/s1. The number of carbonyl (C=O) groups excluding carboxylic acids is 1. The Morgan fingerprint density at radius 1 is 1.11 bits per heavy atom. The number of esters is 1. The van der Waals surface area contributed by atoms with Crippen molar-refractivity contribution in [2.45, 2.75) is 50.5 Å². The molecular weight excluding hydrogens is 434 g/mol. The summed E-state index contributed by atoms with van der Waals surface area (Å²) in [6.07, 6.45) is 4.32. The lowest BCUT2D eigenvalue weighted by molar-refractivity contribution is -0.149. The topological polar surface area (TPSA) is 57.7 Å². The van der Waals surface area contributed by atoms with Crippen molar-refractivity contribution in [1.82, 2.24) is 4.90 Å². The molecule has 0 amide bonds. The molecule has 1 saturated heterocycles. The Hall–Kier alpha value is -3.59. The molecule has 0 spiro atoms. The van der Waals surface area contributed by atoms with Gasteiger partial charge in [-0.05, 0) is 56.7 Å². The fourth-order valence-corrected chi connectivity index (χ4v) is 5.93. The van der Waals surface area contributed by atoms with Crippen LogP contribution in [0.4, 0.5) is 5.69 Å². The van der Waals surface area contributed by atoms with Gasteiger partial charge in [-0.2, -0.15) is 5.26 Å². The van der Waals surface area contributed by atoms with Gasteiger partial charge in [0.15, 0.2) is 5.69 Å². The average molecular weight is 466 g/mol. The van der Waals surface area contributed by atoms with Gasteiger partial charge < -0.3 is 4.74 Å². The van der Waals surface area contributed by atoms with Crippen molar-refractivity contribution in [1.29, 1.82) is 5.26 Å². The van der Waals surface area contributed by atoms with Crippen LogP contribution in [0.15, 0.2) is 54.6 Å². The van der Waals surface area contributed by atoms with Gasteiger partial charge in [-0.25, -0.2) is 4.85 Å². The van der Waals surface area contributed by atoms with E-state index >= 15 is 0 Å². The third-order valence-electron chi connectivity index (χ3n) is 7.55. The predicted octanol–water partition coefficient (Wildman–Crippen LogP) is 5.49. The Labute approximate surface area is 208 Å². The second-order valence-corrected chi connectivity index (χ2v) is 9.54. The summed E-state index contributed by atoms with van der Waals surface area (Å²) in [7, 11) is 0. The molecule has 1 aliphatic carbocycles. The maximum Gasteiger partial charge on any atom is 0.302 e. The van der Waals surface area contributed by atoms with Crippen molar-refractivity contribution in [3.63, 3.8) is 0 Å². The third-order valence-corrected chi connectivity index (χ3v) is 7.55. The lowest BCUT2D eigenvalue weighted by Gasteiger charge is -2.45. The average Bonchev–Trinajstić information content (AvgIpc) is 3.34. The minimum absolute atomic E-state index is 0.00793. The van der Waals surface area contributed by atoms with Gasteiger partial charge in [0.05, 0.1) is 24.6 Å². The van der Waals surface area contributed by atoms with Crippen LogP contribution in [0.1, 0.15) is 50.2 Å². The number of ether oxygens (including phenoxy) is 1. The SMILES string of the molecule is [C-]#[N+]c1ccc(C#CCN2CCC(C(C#N)(c3ccccc3)[C@H]3CCC[C@@H]3OC(C)=O)CC2)cc1. The number of nitrogens with zero attached hydrogens (tertiary/aromatic N) is 3. The fraction of sp³-hybridized carbons (Fsp3) is 0.433. The van der Waals surface area contributed by atoms with Gasteiger partial charge in [0.25, 0.3) is 0 Å². The summed E-state index contributed by atoms with van der Waals surface area (Å²) in [5.41, 5.74) is 1.92. The largest absolute Gasteiger partial charge is 0.462 e. The highest BCUT2D eigenvalue weighted by molar-refractivity contribution is 5.66. The second-order valence-electron chi connectivity index (χ2n) is 9.54. The highest BCUT2D eigenvalue weighted by Crippen LogP contribution is 2.50. The molecule has 0 aromatic heterocycles. The number of hydrogen-bond acceptors (Lipinski definition) is 4. The molecule has 2 aromatic rings. The van der Waals surface area contributed by atoms with Crippen molar-refractivity contribution in [2.24, 2.45) is 11.8 Å². The highest BCUT2D eigenvalue weighted by atomic mass is 16.5. The molecule has 2 aromatic carbocycles. The quantitative estimate of drug-likeness (QED) is 0.333. The van der Waals surface area contributed by atoms with Gasteiger partial charge >= 0.3 is 5.97 Å². The van der Waals surface area contributed by atoms with Crippen LogP contribution in [-0.4, -0.2) is 36.6 Å². The Kier molecular flexibility index (Phi) is 7.87. The van der Waals surface area contributed by atoms with E-state index in [0.717, 1.165) is 56.3 Å². The molecule has 0 bridgehead atoms. The first-order chi connectivity index (χ1) is 17.1. The summed E-state index contributed by atoms with van der Waals surface area (Å²) in [5, 5.41) is 10.7. The van der Waals surface area contributed by atoms with Crippen LogP contribution in [0, 0.1) is 41.6 Å². The van der Waals surface area contributed by atoms with Crippen LogP contribution in [0.25, 0.3) is 4.85 Å². The molecule has 1 heterocycles. The van der Waals surface area contributed by atoms with E-state index in [1.807, 2.05) is 30.3 Å². The normalized spacial score (nSPS) is 22.1. The van der Waals surface area contributed by atoms with Gasteiger partial charge in [-0.1, -0.05) is 66.4 Å². The van der Waals surface area contributed by atoms with Crippen molar-refractivity contribution >= 4 is 11.7 Å². The molecular formula is C30H31N3O2. The van der Waals surface area contributed by atoms with E-state index in [1.165, 1.54) is 6.92 Å². The smallest absolute Gasteiger partial charge is 0.302 e. The Balaban J connectivity index is 1.49. The van der Waals surface area contributed by atoms with Crippen LogP contribution in [0.3, 0.4) is 0 Å². The molecule has 0 radical (unpaired) electrons. The maximum absolute atomic E-state index is 11.8. The zero-order valence-electron chi connectivity index (χ0n) is 20.2. The lowest BCUT2D eigenvalue weighted by Crippen LogP contribution is -2.49. The van der Waals surface area contributed by atoms with E-state index in [4.69, 9.17) is 11.3 Å². The number of piperidine rings is 1. The van der Waals surface area contributed by atoms with E-state index in [2.05, 4.69) is 39.8 Å². The number of likely N-dealkylation sites (tertiary alicyclic amines) is 1. The number of hydrogen-bond donors (Lipinski definition) is 0. The minimum Gasteiger partial charge on any atom is -0.462 e. The molecule has 4 rings (SSSR count). The summed E-state index contributed by atoms with van der Waals surface area (Å²) in [6, 6.07) is 20.3. The van der Waals surface area contributed by atoms with Crippen LogP contribution in [0.5, 0.6) is 0 Å². The van der Waals surface area contributed by atoms with E-state index < -0.39 is 5.41 Å². The molecule has 2 aliphatic rings. The molecule has 3 atom stereocenters. The number of nitriles is 1. The summed E-state index contributed by atoms with van der Waals surface area (Å²) >= 11 is 0. The maximum atomic E-state index is 11.8. The van der Waals surface area contributed by atoms with Gasteiger partial charge in [0.2, 0.25) is 0 Å². The summed E-state index contributed by atoms with van der Waals surface area (Å²) in [6.45, 7) is 11.0. The van der Waals surface area contributed by atoms with E-state index in [1.54, 1.807) is 12.1 Å². The van der Waals surface area contributed by atoms with Gasteiger partial charge in [0, 0.05) is 18.4 Å². The molecule has 0 N–H and O–H groups in total. The van der Waals surface area contributed by atoms with E-state index in [9.17, 15) is 10.1 Å². The third kappa shape index (κ3) is 5.40. The van der Waals surface area contributed by atoms with Gasteiger partial charge in [-0.15, -0.1) is 0 Å². The fourth-order valence-electron chi connectivity index (χ4n) is 5.93. The van der Waals surface area contributed by atoms with Crippen LogP contribution < -0.4 is 0 Å². The van der Waals surface area contributed by atoms with Crippen molar-refractivity contribution in [3.05, 3.63) is 77.1 Å². The number of carbonyl (C=O) groups is 1. The Morgan fingerprint density at radius 3 is 2.46 bits per heavy atom. The predicted molar refractivity (Wildman–Crippen MR) is 135 cm³/mol. The first-order valence-electron chi connectivity index (χ1n) is 12.4. The number of benzene rings is 2. The van der Waals surface area contributed by atoms with Crippen molar-refractivity contribution in [3.8, 4) is 17.9 Å². The monoisotopic (exact) mass is 465 g/mol. The first kappa shape index (κ1) is 24.5. The summed E-state index contributed by atoms with van der Waals surface area (Å²) in [5.74, 6) is 6.40. The number of rotatable bonds is 5. The van der Waals surface area contributed by atoms with E-state index in [0.29, 0.717) is 12.2 Å². The lowest BCUT2D eigenvalue weighted by atomic mass is 9.59. The molecule has 35 heavy (non-hydrogen) atoms. The molecule has 178 valence electrons. The first-order valence-corrected chi connectivity index (χ1v) is 12.4. The molecule has 5 heteroatoms. The molecule has 1 unspecified atom stereocenters. The van der Waals surface area contributed by atoms with Gasteiger partial charge in [0.1, 0.15) is 6.10 Å². The molecule has 5 nitrogen and oxygen atoms in total. The molecule has 1 aliphatic heterocycles. The van der Waals surface area contributed by atoms with Crippen molar-refractivity contribution in [2.75, 3.05) is 19.6 Å². The van der Waals surface area contributed by atoms with E-state index in [-0.39, 0.29) is 23.9 Å². The second kappa shape index (κ2) is 11.2. The molecule has 2 fully saturated rings. The zero-order chi connectivity index (χ0) is 24.7. The highest BCUT2D eigenvalue weighted by Gasteiger charge is 2.53. The van der Waals surface area contributed by atoms with Crippen LogP contribution in [-0.2, 0) is 14.9 Å². The summed E-state index contributed by atoms with van der Waals surface area (Å²) < 4.78 is 5.74. The zero-order valence-corrected chi connectivity index (χ0v) is 20.2. The summed E-state index contributed by atoms with van der Waals surface area (Å²) in [4.78, 5) is 17.6. The minimum atomic E-state index is -0.666. The van der Waals surface area contributed by atoms with Crippen molar-refractivity contribution < 1.29 is 9.53 Å². The Bertz CT molecular complexity index is 1160. The molecule has 1 saturated carbocycles. The van der Waals surface area contributed by atoms with Gasteiger partial charge in [-0.3, -0.25) is 9.69 Å².